The molecular weight excluding hydrogens is 526 g/mol. The van der Waals surface area contributed by atoms with Crippen molar-refractivity contribution in [1.82, 2.24) is 0 Å². The maximum absolute atomic E-state index is 13.7. The second-order valence-electron chi connectivity index (χ2n) is 12.2. The van der Waals surface area contributed by atoms with Crippen molar-refractivity contribution in [2.45, 2.75) is 84.4 Å². The Kier molecular flexibility index (Phi) is 12.5. The highest BCUT2D eigenvalue weighted by Crippen LogP contribution is 2.61. The summed E-state index contributed by atoms with van der Waals surface area (Å²) in [5, 5.41) is 14.9. The van der Waals surface area contributed by atoms with Crippen LogP contribution in [0.25, 0.3) is 10.4 Å². The van der Waals surface area contributed by atoms with Crippen LogP contribution in [0.4, 0.5) is 0 Å². The molecule has 1 aliphatic rings. The van der Waals surface area contributed by atoms with Crippen molar-refractivity contribution in [2.24, 2.45) is 45.7 Å². The van der Waals surface area contributed by atoms with Crippen LogP contribution < -0.4 is 20.9 Å². The highest BCUT2D eigenvalue weighted by molar-refractivity contribution is 6.04. The fourth-order valence-corrected chi connectivity index (χ4v) is 5.56. The summed E-state index contributed by atoms with van der Waals surface area (Å²) in [4.78, 5) is 28.6. The van der Waals surface area contributed by atoms with Crippen LogP contribution >= 0.6 is 0 Å². The van der Waals surface area contributed by atoms with Gasteiger partial charge in [0.2, 0.25) is 5.91 Å². The minimum absolute atomic E-state index is 0.0684. The zero-order valence-corrected chi connectivity index (χ0v) is 25.6. The first kappa shape index (κ1) is 34.4. The van der Waals surface area contributed by atoms with Gasteiger partial charge in [-0.1, -0.05) is 38.9 Å². The molecule has 41 heavy (non-hydrogen) atoms. The van der Waals surface area contributed by atoms with Gasteiger partial charge in [0.15, 0.2) is 11.5 Å². The number of ether oxygens (including phenoxy) is 3. The second-order valence-corrected chi connectivity index (χ2v) is 12.2. The SMILES string of the molecule is COCCCOc1cc(CC(CC(N)C(O)CC(C(=O)C2(N=[N+]=[N-])CC2(C)C(N)=O)C(C)C)C(C)C)ccc1OC. The third-order valence-corrected chi connectivity index (χ3v) is 8.69. The van der Waals surface area contributed by atoms with Gasteiger partial charge < -0.3 is 30.8 Å². The summed E-state index contributed by atoms with van der Waals surface area (Å²) in [6.45, 7) is 10.6. The Hall–Kier alpha value is -2.85. The maximum Gasteiger partial charge on any atom is 0.224 e. The number of methoxy groups -OCH3 is 2. The van der Waals surface area contributed by atoms with E-state index in [1.54, 1.807) is 21.1 Å². The Labute approximate surface area is 243 Å². The Morgan fingerprint density at radius 3 is 2.32 bits per heavy atom. The van der Waals surface area contributed by atoms with E-state index in [9.17, 15) is 14.7 Å². The Balaban J connectivity index is 2.14. The number of aliphatic hydroxyl groups is 1. The van der Waals surface area contributed by atoms with Crippen molar-refractivity contribution in [3.8, 4) is 11.5 Å². The van der Waals surface area contributed by atoms with Crippen molar-refractivity contribution < 1.29 is 28.9 Å². The van der Waals surface area contributed by atoms with Crippen molar-refractivity contribution in [3.63, 3.8) is 0 Å². The van der Waals surface area contributed by atoms with Crippen LogP contribution in [0.15, 0.2) is 23.3 Å². The molecule has 0 aromatic heterocycles. The number of amides is 1. The van der Waals surface area contributed by atoms with Crippen molar-refractivity contribution in [1.29, 1.82) is 0 Å². The first-order valence-electron chi connectivity index (χ1n) is 14.4. The highest BCUT2D eigenvalue weighted by atomic mass is 16.5. The standard InChI is InChI=1S/C30H49N5O6/c1-18(2)21(13-20-9-10-25(40-7)26(14-20)41-12-8-11-39-6)15-23(31)24(36)16-22(19(3)4)27(37)30(34-35-33)17-29(30,5)28(32)38/h9-10,14,18-19,21-24,36H,8,11-13,15-17,31H2,1-7H3,(H2,32,38). The Morgan fingerprint density at radius 1 is 1.12 bits per heavy atom. The number of benzene rings is 1. The number of hydrogen-bond donors (Lipinski definition) is 3. The van der Waals surface area contributed by atoms with E-state index >= 15 is 0 Å². The number of Topliss-reactive ketones (excluding diaryl/α,β-unsaturated/α-hetero) is 1. The summed E-state index contributed by atoms with van der Waals surface area (Å²) < 4.78 is 16.5. The fourth-order valence-electron chi connectivity index (χ4n) is 5.56. The molecule has 1 aromatic carbocycles. The molecule has 0 heterocycles. The van der Waals surface area contributed by atoms with Gasteiger partial charge in [-0.3, -0.25) is 9.59 Å². The van der Waals surface area contributed by atoms with Gasteiger partial charge in [0.05, 0.1) is 25.2 Å². The molecule has 1 aliphatic carbocycles. The van der Waals surface area contributed by atoms with E-state index < -0.39 is 34.9 Å². The maximum atomic E-state index is 13.7. The molecule has 0 bridgehead atoms. The molecule has 0 aliphatic heterocycles. The monoisotopic (exact) mass is 575 g/mol. The molecule has 6 atom stereocenters. The molecule has 0 saturated heterocycles. The summed E-state index contributed by atoms with van der Waals surface area (Å²) in [7, 11) is 3.26. The Bertz CT molecular complexity index is 1090. The molecule has 1 saturated carbocycles. The van der Waals surface area contributed by atoms with Gasteiger partial charge in [-0.05, 0) is 73.6 Å². The number of primary amides is 1. The van der Waals surface area contributed by atoms with Crippen LogP contribution in [0.2, 0.25) is 0 Å². The number of aliphatic hydroxyl groups excluding tert-OH is 1. The lowest BCUT2D eigenvalue weighted by Gasteiger charge is -2.31. The predicted molar refractivity (Wildman–Crippen MR) is 157 cm³/mol. The number of carbonyl (C=O) groups excluding carboxylic acids is 2. The zero-order valence-electron chi connectivity index (χ0n) is 25.6. The lowest BCUT2D eigenvalue weighted by Crippen LogP contribution is -2.44. The van der Waals surface area contributed by atoms with E-state index in [4.69, 9.17) is 31.2 Å². The van der Waals surface area contributed by atoms with Gasteiger partial charge in [0.25, 0.3) is 0 Å². The molecule has 2 rings (SSSR count). The molecule has 230 valence electrons. The highest BCUT2D eigenvalue weighted by Gasteiger charge is 2.73. The topological polar surface area (TPSA) is 183 Å². The van der Waals surface area contributed by atoms with Crippen LogP contribution in [0.5, 0.6) is 11.5 Å². The minimum atomic E-state index is -1.52. The molecule has 11 nitrogen and oxygen atoms in total. The van der Waals surface area contributed by atoms with Crippen LogP contribution in [-0.4, -0.2) is 61.9 Å². The van der Waals surface area contributed by atoms with Gasteiger partial charge >= 0.3 is 0 Å². The van der Waals surface area contributed by atoms with Gasteiger partial charge in [-0.25, -0.2) is 0 Å². The Morgan fingerprint density at radius 2 is 1.80 bits per heavy atom. The number of carbonyl (C=O) groups is 2. The number of rotatable bonds is 19. The number of hydrogen-bond acceptors (Lipinski definition) is 8. The van der Waals surface area contributed by atoms with Gasteiger partial charge in [-0.2, -0.15) is 0 Å². The van der Waals surface area contributed by atoms with E-state index in [0.29, 0.717) is 31.1 Å². The van der Waals surface area contributed by atoms with E-state index in [0.717, 1.165) is 18.4 Å². The normalized spacial score (nSPS) is 22.9. The van der Waals surface area contributed by atoms with Crippen molar-refractivity contribution >= 4 is 11.7 Å². The molecule has 1 fully saturated rings. The van der Waals surface area contributed by atoms with Crippen LogP contribution in [-0.2, 0) is 20.7 Å². The number of nitrogens with zero attached hydrogens (tertiary/aromatic N) is 3. The number of nitrogens with two attached hydrogens (primary N) is 2. The average Bonchev–Trinajstić information content (AvgIpc) is 3.55. The van der Waals surface area contributed by atoms with Gasteiger partial charge in [0, 0.05) is 37.0 Å². The van der Waals surface area contributed by atoms with Crippen molar-refractivity contribution in [3.05, 3.63) is 34.2 Å². The summed E-state index contributed by atoms with van der Waals surface area (Å²) in [5.74, 6) is -0.114. The lowest BCUT2D eigenvalue weighted by molar-refractivity contribution is -0.132. The molecule has 6 unspecified atom stereocenters. The summed E-state index contributed by atoms with van der Waals surface area (Å²) >= 11 is 0. The minimum Gasteiger partial charge on any atom is -0.493 e. The molecule has 1 amide bonds. The summed E-state index contributed by atoms with van der Waals surface area (Å²) in [6.07, 6.45) is 1.22. The fraction of sp³-hybridized carbons (Fsp3) is 0.733. The van der Waals surface area contributed by atoms with Crippen LogP contribution in [0.3, 0.4) is 0 Å². The molecule has 0 spiro atoms. The van der Waals surface area contributed by atoms with Gasteiger partial charge in [0.1, 0.15) is 11.3 Å². The molecule has 5 N–H and O–H groups in total. The quantitative estimate of drug-likeness (QED) is 0.0956. The van der Waals surface area contributed by atoms with Crippen molar-refractivity contribution in [2.75, 3.05) is 27.4 Å². The van der Waals surface area contributed by atoms with Crippen LogP contribution in [0.1, 0.15) is 65.9 Å². The third-order valence-electron chi connectivity index (χ3n) is 8.69. The van der Waals surface area contributed by atoms with E-state index in [2.05, 4.69) is 23.9 Å². The molecule has 0 radical (unpaired) electrons. The number of ketones is 1. The molecule has 11 heteroatoms. The summed E-state index contributed by atoms with van der Waals surface area (Å²) in [5.41, 5.74) is 19.5. The smallest absolute Gasteiger partial charge is 0.224 e. The van der Waals surface area contributed by atoms with Gasteiger partial charge in [-0.15, -0.1) is 0 Å². The second kappa shape index (κ2) is 14.9. The first-order valence-corrected chi connectivity index (χ1v) is 14.4. The summed E-state index contributed by atoms with van der Waals surface area (Å²) in [6, 6.07) is 5.29. The van der Waals surface area contributed by atoms with Crippen LogP contribution in [0, 0.1) is 29.1 Å². The molecule has 1 aromatic rings. The predicted octanol–water partition coefficient (Wildman–Crippen LogP) is 4.18. The lowest BCUT2D eigenvalue weighted by atomic mass is 9.77. The van der Waals surface area contributed by atoms with E-state index in [1.807, 2.05) is 32.0 Å². The average molecular weight is 576 g/mol. The molecular formula is C30H49N5O6. The zero-order chi connectivity index (χ0) is 31.0. The first-order chi connectivity index (χ1) is 19.3. The van der Waals surface area contributed by atoms with E-state index in [1.165, 1.54) is 0 Å². The third kappa shape index (κ3) is 8.13. The number of azide groups is 1. The largest absolute Gasteiger partial charge is 0.493 e. The van der Waals surface area contributed by atoms with E-state index in [-0.39, 0.29) is 36.4 Å².